The van der Waals surface area contributed by atoms with Crippen LogP contribution in [0.5, 0.6) is 0 Å². The van der Waals surface area contributed by atoms with Crippen LogP contribution in [-0.4, -0.2) is 19.5 Å². The molecule has 0 N–H and O–H groups in total. The molecule has 0 amide bonds. The molecule has 8 aromatic carbocycles. The van der Waals surface area contributed by atoms with E-state index in [1.165, 1.54) is 21.9 Å². The maximum absolute atomic E-state index is 6.59. The Morgan fingerprint density at radius 1 is 0.304 bits per heavy atom. The molecule has 5 heteroatoms. The smallest absolute Gasteiger partial charge is 0.164 e. The first-order valence-electron chi connectivity index (χ1n) is 18.8. The van der Waals surface area contributed by atoms with Gasteiger partial charge in [-0.05, 0) is 64.7 Å². The standard InChI is InChI=1S/C51H32N4O/c1-4-12-33(13-5-1)34-20-24-37(25-21-34)50-52-49(36-14-6-2-7-15-36)53-51(54-50)38-26-22-35(23-27-38)39-28-29-42-44-31-46-43(32-48(44)56-47(42)30-39)41-18-10-11-19-45(41)55(46)40-16-8-3-9-17-40/h1-32H. The summed E-state index contributed by atoms with van der Waals surface area (Å²) in [5.41, 5.74) is 12.5. The quantitative estimate of drug-likeness (QED) is 0.172. The van der Waals surface area contributed by atoms with Gasteiger partial charge in [0.25, 0.3) is 0 Å². The molecule has 3 aromatic heterocycles. The van der Waals surface area contributed by atoms with Crippen LogP contribution < -0.4 is 0 Å². The molecule has 56 heavy (non-hydrogen) atoms. The molecule has 0 aliphatic carbocycles. The van der Waals surface area contributed by atoms with Crippen LogP contribution in [0, 0.1) is 0 Å². The largest absolute Gasteiger partial charge is 0.456 e. The van der Waals surface area contributed by atoms with Crippen molar-refractivity contribution >= 4 is 43.7 Å². The summed E-state index contributed by atoms with van der Waals surface area (Å²) in [5.74, 6) is 1.90. The molecule has 0 aliphatic heterocycles. The van der Waals surface area contributed by atoms with Crippen molar-refractivity contribution in [2.75, 3.05) is 0 Å². The summed E-state index contributed by atoms with van der Waals surface area (Å²) in [5, 5.41) is 4.57. The van der Waals surface area contributed by atoms with E-state index in [-0.39, 0.29) is 0 Å². The number of hydrogen-bond donors (Lipinski definition) is 0. The highest BCUT2D eigenvalue weighted by Gasteiger charge is 2.17. The number of hydrogen-bond acceptors (Lipinski definition) is 4. The lowest BCUT2D eigenvalue weighted by atomic mass is 10.0. The van der Waals surface area contributed by atoms with Crippen molar-refractivity contribution in [3.05, 3.63) is 194 Å². The summed E-state index contributed by atoms with van der Waals surface area (Å²) in [4.78, 5) is 14.9. The van der Waals surface area contributed by atoms with Gasteiger partial charge in [-0.3, -0.25) is 0 Å². The highest BCUT2D eigenvalue weighted by Crippen LogP contribution is 2.39. The zero-order valence-electron chi connectivity index (χ0n) is 30.2. The lowest BCUT2D eigenvalue weighted by Crippen LogP contribution is -2.00. The second-order valence-corrected chi connectivity index (χ2v) is 14.1. The molecule has 0 saturated carbocycles. The number of fused-ring (bicyclic) bond motifs is 6. The van der Waals surface area contributed by atoms with Gasteiger partial charge in [0.05, 0.1) is 11.0 Å². The van der Waals surface area contributed by atoms with Gasteiger partial charge in [0.1, 0.15) is 11.2 Å². The molecular weight excluding hydrogens is 685 g/mol. The first kappa shape index (κ1) is 31.9. The van der Waals surface area contributed by atoms with Crippen molar-refractivity contribution in [2.45, 2.75) is 0 Å². The molecule has 0 fully saturated rings. The van der Waals surface area contributed by atoms with Crippen molar-refractivity contribution in [1.82, 2.24) is 19.5 Å². The molecule has 3 heterocycles. The van der Waals surface area contributed by atoms with Crippen molar-refractivity contribution < 1.29 is 4.42 Å². The minimum atomic E-state index is 0.624. The van der Waals surface area contributed by atoms with E-state index < -0.39 is 0 Å². The Morgan fingerprint density at radius 3 is 1.41 bits per heavy atom. The zero-order chi connectivity index (χ0) is 37.0. The summed E-state index contributed by atoms with van der Waals surface area (Å²) < 4.78 is 8.93. The third kappa shape index (κ3) is 5.45. The van der Waals surface area contributed by atoms with Crippen LogP contribution in [-0.2, 0) is 0 Å². The zero-order valence-corrected chi connectivity index (χ0v) is 30.2. The summed E-state index contributed by atoms with van der Waals surface area (Å²) in [6, 6.07) is 67.4. The molecule has 262 valence electrons. The molecule has 0 bridgehead atoms. The van der Waals surface area contributed by atoms with Gasteiger partial charge in [0.15, 0.2) is 17.5 Å². The molecule has 11 rings (SSSR count). The van der Waals surface area contributed by atoms with Gasteiger partial charge >= 0.3 is 0 Å². The average molecular weight is 717 g/mol. The Kier molecular flexibility index (Phi) is 7.42. The molecule has 0 saturated heterocycles. The second-order valence-electron chi connectivity index (χ2n) is 14.1. The molecule has 11 aromatic rings. The van der Waals surface area contributed by atoms with Crippen LogP contribution in [0.3, 0.4) is 0 Å². The number of rotatable bonds is 6. The number of furan rings is 1. The van der Waals surface area contributed by atoms with E-state index in [9.17, 15) is 0 Å². The van der Waals surface area contributed by atoms with Crippen LogP contribution in [0.1, 0.15) is 0 Å². The Labute approximate surface area is 322 Å². The van der Waals surface area contributed by atoms with Crippen LogP contribution in [0.15, 0.2) is 199 Å². The van der Waals surface area contributed by atoms with Gasteiger partial charge in [0, 0.05) is 43.9 Å². The number of aromatic nitrogens is 4. The fourth-order valence-electron chi connectivity index (χ4n) is 7.88. The van der Waals surface area contributed by atoms with E-state index in [1.54, 1.807) is 0 Å². The summed E-state index contributed by atoms with van der Waals surface area (Å²) in [7, 11) is 0. The Morgan fingerprint density at radius 2 is 0.768 bits per heavy atom. The van der Waals surface area contributed by atoms with E-state index in [0.29, 0.717) is 17.5 Å². The third-order valence-electron chi connectivity index (χ3n) is 10.7. The average Bonchev–Trinajstić information content (AvgIpc) is 3.80. The Bertz CT molecular complexity index is 3200. The lowest BCUT2D eigenvalue weighted by molar-refractivity contribution is 0.669. The van der Waals surface area contributed by atoms with E-state index in [0.717, 1.165) is 66.5 Å². The van der Waals surface area contributed by atoms with Gasteiger partial charge < -0.3 is 8.98 Å². The minimum absolute atomic E-state index is 0.624. The SMILES string of the molecule is c1ccc(-c2ccc(-c3nc(-c4ccccc4)nc(-c4ccc(-c5ccc6c(c5)oc5cc7c8ccccc8n(-c8ccccc8)c7cc56)cc4)n3)cc2)cc1. The van der Waals surface area contributed by atoms with Crippen molar-refractivity contribution in [3.63, 3.8) is 0 Å². The maximum atomic E-state index is 6.59. The molecule has 0 atom stereocenters. The predicted molar refractivity (Wildman–Crippen MR) is 229 cm³/mol. The molecule has 5 nitrogen and oxygen atoms in total. The molecule has 0 aliphatic rings. The highest BCUT2D eigenvalue weighted by atomic mass is 16.3. The van der Waals surface area contributed by atoms with Crippen molar-refractivity contribution in [1.29, 1.82) is 0 Å². The summed E-state index contributed by atoms with van der Waals surface area (Å²) >= 11 is 0. The lowest BCUT2D eigenvalue weighted by Gasteiger charge is -2.10. The number of para-hydroxylation sites is 2. The van der Waals surface area contributed by atoms with Gasteiger partial charge in [-0.15, -0.1) is 0 Å². The van der Waals surface area contributed by atoms with Crippen molar-refractivity contribution in [3.8, 4) is 62.1 Å². The van der Waals surface area contributed by atoms with Crippen molar-refractivity contribution in [2.24, 2.45) is 0 Å². The van der Waals surface area contributed by atoms with Gasteiger partial charge in [-0.2, -0.15) is 0 Å². The summed E-state index contributed by atoms with van der Waals surface area (Å²) in [6.45, 7) is 0. The van der Waals surface area contributed by atoms with Crippen LogP contribution in [0.4, 0.5) is 0 Å². The predicted octanol–water partition coefficient (Wildman–Crippen LogP) is 13.2. The monoisotopic (exact) mass is 716 g/mol. The van der Waals surface area contributed by atoms with Crippen LogP contribution >= 0.6 is 0 Å². The maximum Gasteiger partial charge on any atom is 0.164 e. The highest BCUT2D eigenvalue weighted by molar-refractivity contribution is 6.17. The van der Waals surface area contributed by atoms with E-state index in [2.05, 4.69) is 162 Å². The van der Waals surface area contributed by atoms with Gasteiger partial charge in [-0.25, -0.2) is 15.0 Å². The minimum Gasteiger partial charge on any atom is -0.456 e. The van der Waals surface area contributed by atoms with E-state index in [4.69, 9.17) is 19.4 Å². The molecular formula is C51H32N4O. The number of nitrogens with zero attached hydrogens (tertiary/aromatic N) is 4. The first-order valence-corrected chi connectivity index (χ1v) is 18.8. The van der Waals surface area contributed by atoms with E-state index >= 15 is 0 Å². The van der Waals surface area contributed by atoms with E-state index in [1.807, 2.05) is 36.4 Å². The summed E-state index contributed by atoms with van der Waals surface area (Å²) in [6.07, 6.45) is 0. The molecule has 0 spiro atoms. The second kappa shape index (κ2) is 13.0. The fourth-order valence-corrected chi connectivity index (χ4v) is 7.88. The Balaban J connectivity index is 0.960. The fraction of sp³-hybridized carbons (Fsp3) is 0. The Hall–Kier alpha value is -7.63. The normalized spacial score (nSPS) is 11.6. The molecule has 0 radical (unpaired) electrons. The van der Waals surface area contributed by atoms with Gasteiger partial charge in [-0.1, -0.05) is 152 Å². The van der Waals surface area contributed by atoms with Gasteiger partial charge in [0.2, 0.25) is 0 Å². The third-order valence-corrected chi connectivity index (χ3v) is 10.7. The van der Waals surface area contributed by atoms with Crippen LogP contribution in [0.2, 0.25) is 0 Å². The van der Waals surface area contributed by atoms with Crippen LogP contribution in [0.25, 0.3) is 106 Å². The first-order chi connectivity index (χ1) is 27.7. The number of benzene rings is 8. The topological polar surface area (TPSA) is 56.7 Å². The molecule has 0 unspecified atom stereocenters.